The standard InChI is InChI=1S/C22H20F5NO/c23-20-9-8-17(18-6-1-2-7-19(18)20)15(12-28)10-14-4-3-5-16(11-14)29-13-22(26,27)21(24)25/h1-9,11,15,21H,10,12-13,28H2. The lowest BCUT2D eigenvalue weighted by molar-refractivity contribution is -0.148. The molecular formula is C22H20F5NO. The molecule has 3 aromatic rings. The van der Waals surface area contributed by atoms with E-state index in [0.29, 0.717) is 11.8 Å². The lowest BCUT2D eigenvalue weighted by atomic mass is 9.88. The van der Waals surface area contributed by atoms with Crippen LogP contribution in [0.3, 0.4) is 0 Å². The van der Waals surface area contributed by atoms with Gasteiger partial charge >= 0.3 is 12.3 Å². The number of hydrogen-bond donors (Lipinski definition) is 1. The predicted molar refractivity (Wildman–Crippen MR) is 102 cm³/mol. The van der Waals surface area contributed by atoms with E-state index in [-0.39, 0.29) is 24.0 Å². The summed E-state index contributed by atoms with van der Waals surface area (Å²) in [5.74, 6) is -4.63. The van der Waals surface area contributed by atoms with Gasteiger partial charge in [-0.25, -0.2) is 13.2 Å². The van der Waals surface area contributed by atoms with Crippen LogP contribution in [0.1, 0.15) is 17.0 Å². The summed E-state index contributed by atoms with van der Waals surface area (Å²) in [6, 6.07) is 16.5. The summed E-state index contributed by atoms with van der Waals surface area (Å²) >= 11 is 0. The monoisotopic (exact) mass is 409 g/mol. The molecule has 0 bridgehead atoms. The molecule has 1 atom stereocenters. The number of halogens is 5. The van der Waals surface area contributed by atoms with Gasteiger partial charge in [0.25, 0.3) is 0 Å². The molecule has 7 heteroatoms. The Labute approximate surface area is 165 Å². The van der Waals surface area contributed by atoms with Gasteiger partial charge in [-0.15, -0.1) is 0 Å². The van der Waals surface area contributed by atoms with Gasteiger partial charge in [-0.2, -0.15) is 8.78 Å². The SMILES string of the molecule is NCC(Cc1cccc(OCC(F)(F)C(F)F)c1)c1ccc(F)c2ccccc12. The van der Waals surface area contributed by atoms with E-state index >= 15 is 0 Å². The Morgan fingerprint density at radius 2 is 1.66 bits per heavy atom. The molecule has 0 saturated heterocycles. The molecule has 0 aromatic heterocycles. The van der Waals surface area contributed by atoms with Crippen molar-refractivity contribution in [2.75, 3.05) is 13.2 Å². The van der Waals surface area contributed by atoms with Gasteiger partial charge in [0.1, 0.15) is 11.6 Å². The van der Waals surface area contributed by atoms with Gasteiger partial charge < -0.3 is 10.5 Å². The van der Waals surface area contributed by atoms with Crippen molar-refractivity contribution in [3.63, 3.8) is 0 Å². The summed E-state index contributed by atoms with van der Waals surface area (Å²) in [6.07, 6.45) is -3.34. The van der Waals surface area contributed by atoms with Gasteiger partial charge in [0.2, 0.25) is 0 Å². The normalized spacial score (nSPS) is 13.1. The Hall–Kier alpha value is -2.67. The average Bonchev–Trinajstić information content (AvgIpc) is 2.72. The zero-order chi connectivity index (χ0) is 21.0. The maximum Gasteiger partial charge on any atom is 0.340 e. The highest BCUT2D eigenvalue weighted by atomic mass is 19.3. The summed E-state index contributed by atoms with van der Waals surface area (Å²) < 4.78 is 69.7. The largest absolute Gasteiger partial charge is 0.487 e. The third-order valence-corrected chi connectivity index (χ3v) is 4.76. The molecule has 0 aliphatic carbocycles. The minimum atomic E-state index is -4.22. The smallest absolute Gasteiger partial charge is 0.340 e. The van der Waals surface area contributed by atoms with Crippen LogP contribution < -0.4 is 10.5 Å². The summed E-state index contributed by atoms with van der Waals surface area (Å²) in [5.41, 5.74) is 7.58. The third-order valence-electron chi connectivity index (χ3n) is 4.76. The first-order valence-corrected chi connectivity index (χ1v) is 9.06. The van der Waals surface area contributed by atoms with E-state index in [1.54, 1.807) is 30.3 Å². The number of hydrogen-bond acceptors (Lipinski definition) is 2. The van der Waals surface area contributed by atoms with Crippen LogP contribution in [0.4, 0.5) is 22.0 Å². The first-order valence-electron chi connectivity index (χ1n) is 9.06. The number of fused-ring (bicyclic) bond motifs is 1. The van der Waals surface area contributed by atoms with E-state index in [4.69, 9.17) is 10.5 Å². The van der Waals surface area contributed by atoms with Crippen molar-refractivity contribution in [2.24, 2.45) is 5.73 Å². The molecule has 0 amide bonds. The lowest BCUT2D eigenvalue weighted by Gasteiger charge is -2.19. The van der Waals surface area contributed by atoms with Crippen LogP contribution in [0.5, 0.6) is 5.75 Å². The number of alkyl halides is 4. The zero-order valence-corrected chi connectivity index (χ0v) is 15.4. The van der Waals surface area contributed by atoms with Crippen LogP contribution >= 0.6 is 0 Å². The molecule has 0 aliphatic rings. The van der Waals surface area contributed by atoms with Gasteiger partial charge in [0, 0.05) is 11.3 Å². The van der Waals surface area contributed by atoms with Gasteiger partial charge in [-0.05, 0) is 47.7 Å². The van der Waals surface area contributed by atoms with E-state index < -0.39 is 19.0 Å². The highest BCUT2D eigenvalue weighted by Gasteiger charge is 2.41. The minimum Gasteiger partial charge on any atom is -0.487 e. The van der Waals surface area contributed by atoms with Crippen molar-refractivity contribution in [3.05, 3.63) is 77.6 Å². The van der Waals surface area contributed by atoms with Crippen LogP contribution in [0.15, 0.2) is 60.7 Å². The van der Waals surface area contributed by atoms with Crippen LogP contribution in [0.2, 0.25) is 0 Å². The van der Waals surface area contributed by atoms with Gasteiger partial charge in [-0.1, -0.05) is 42.5 Å². The van der Waals surface area contributed by atoms with Crippen LogP contribution in [-0.2, 0) is 6.42 Å². The Bertz CT molecular complexity index is 976. The molecule has 0 radical (unpaired) electrons. The number of benzene rings is 3. The fourth-order valence-corrected chi connectivity index (χ4v) is 3.25. The highest BCUT2D eigenvalue weighted by Crippen LogP contribution is 2.30. The Balaban J connectivity index is 1.81. The molecule has 0 fully saturated rings. The lowest BCUT2D eigenvalue weighted by Crippen LogP contribution is -2.33. The number of nitrogens with two attached hydrogens (primary N) is 1. The summed E-state index contributed by atoms with van der Waals surface area (Å²) in [7, 11) is 0. The molecule has 29 heavy (non-hydrogen) atoms. The van der Waals surface area contributed by atoms with Crippen molar-refractivity contribution >= 4 is 10.8 Å². The molecule has 3 aromatic carbocycles. The summed E-state index contributed by atoms with van der Waals surface area (Å²) in [5, 5.41) is 1.25. The molecule has 3 rings (SSSR count). The van der Waals surface area contributed by atoms with E-state index in [2.05, 4.69) is 0 Å². The first kappa shape index (κ1) is 21.0. The molecular weight excluding hydrogens is 389 g/mol. The van der Waals surface area contributed by atoms with Gasteiger partial charge in [0.15, 0.2) is 6.61 Å². The molecule has 0 spiro atoms. The minimum absolute atomic E-state index is 0.0718. The van der Waals surface area contributed by atoms with Gasteiger partial charge in [-0.3, -0.25) is 0 Å². The van der Waals surface area contributed by atoms with Crippen molar-refractivity contribution in [1.82, 2.24) is 0 Å². The fraction of sp³-hybridized carbons (Fsp3) is 0.273. The number of rotatable bonds is 8. The Kier molecular flexibility index (Phi) is 6.37. The first-order chi connectivity index (χ1) is 13.8. The third kappa shape index (κ3) is 4.85. The second kappa shape index (κ2) is 8.78. The van der Waals surface area contributed by atoms with Gasteiger partial charge in [0.05, 0.1) is 0 Å². The number of ether oxygens (including phenoxy) is 1. The average molecular weight is 409 g/mol. The van der Waals surface area contributed by atoms with Crippen LogP contribution in [0.25, 0.3) is 10.8 Å². The highest BCUT2D eigenvalue weighted by molar-refractivity contribution is 5.86. The van der Waals surface area contributed by atoms with Crippen molar-refractivity contribution in [2.45, 2.75) is 24.7 Å². The van der Waals surface area contributed by atoms with Crippen LogP contribution in [-0.4, -0.2) is 25.5 Å². The molecule has 1 unspecified atom stereocenters. The Morgan fingerprint density at radius 3 is 2.34 bits per heavy atom. The maximum atomic E-state index is 14.1. The molecule has 2 N–H and O–H groups in total. The Morgan fingerprint density at radius 1 is 0.931 bits per heavy atom. The van der Waals surface area contributed by atoms with Crippen molar-refractivity contribution < 1.29 is 26.7 Å². The quantitative estimate of drug-likeness (QED) is 0.496. The summed E-state index contributed by atoms with van der Waals surface area (Å²) in [4.78, 5) is 0. The molecule has 2 nitrogen and oxygen atoms in total. The van der Waals surface area contributed by atoms with E-state index in [9.17, 15) is 22.0 Å². The van der Waals surface area contributed by atoms with E-state index in [1.165, 1.54) is 18.2 Å². The predicted octanol–water partition coefficient (Wildman–Crippen LogP) is 5.54. The topological polar surface area (TPSA) is 35.2 Å². The zero-order valence-electron chi connectivity index (χ0n) is 15.4. The van der Waals surface area contributed by atoms with Crippen molar-refractivity contribution in [1.29, 1.82) is 0 Å². The van der Waals surface area contributed by atoms with Crippen molar-refractivity contribution in [3.8, 4) is 5.75 Å². The summed E-state index contributed by atoms with van der Waals surface area (Å²) in [6.45, 7) is -1.12. The van der Waals surface area contributed by atoms with E-state index in [1.807, 2.05) is 12.1 Å². The second-order valence-corrected chi connectivity index (χ2v) is 6.82. The molecule has 154 valence electrons. The van der Waals surface area contributed by atoms with Crippen LogP contribution in [0, 0.1) is 5.82 Å². The van der Waals surface area contributed by atoms with E-state index in [0.717, 1.165) is 16.5 Å². The maximum absolute atomic E-state index is 14.1. The fourth-order valence-electron chi connectivity index (χ4n) is 3.25. The molecule has 0 saturated carbocycles. The molecule has 0 heterocycles. The molecule has 0 aliphatic heterocycles. The second-order valence-electron chi connectivity index (χ2n) is 6.82.